The van der Waals surface area contributed by atoms with Gasteiger partial charge < -0.3 is 5.73 Å². The third-order valence-corrected chi connectivity index (χ3v) is 2.59. The van der Waals surface area contributed by atoms with Crippen LogP contribution in [0.4, 0.5) is 0 Å². The Morgan fingerprint density at radius 3 is 3.00 bits per heavy atom. The van der Waals surface area contributed by atoms with Crippen molar-refractivity contribution >= 4 is 0 Å². The quantitative estimate of drug-likeness (QED) is 0.682. The summed E-state index contributed by atoms with van der Waals surface area (Å²) in [5.41, 5.74) is 5.89. The van der Waals surface area contributed by atoms with Crippen LogP contribution < -0.4 is 5.73 Å². The standard InChI is InChI=1S/C9H15N3/c10-8-3-1-4-9(7-8)12-6-2-5-11-12/h2,5-6,8-9H,1,3-4,7,10H2. The van der Waals surface area contributed by atoms with E-state index in [-0.39, 0.29) is 0 Å². The predicted octanol–water partition coefficient (Wildman–Crippen LogP) is 1.33. The van der Waals surface area contributed by atoms with Crippen LogP contribution >= 0.6 is 0 Å². The summed E-state index contributed by atoms with van der Waals surface area (Å²) >= 11 is 0. The molecule has 0 aliphatic heterocycles. The maximum atomic E-state index is 5.89. The molecule has 0 amide bonds. The molecule has 1 aliphatic carbocycles. The molecule has 2 atom stereocenters. The van der Waals surface area contributed by atoms with Crippen LogP contribution in [0.1, 0.15) is 31.7 Å². The number of aromatic nitrogens is 2. The highest BCUT2D eigenvalue weighted by Crippen LogP contribution is 2.26. The van der Waals surface area contributed by atoms with Gasteiger partial charge in [-0.05, 0) is 31.7 Å². The average molecular weight is 165 g/mol. The van der Waals surface area contributed by atoms with Crippen LogP contribution in [0, 0.1) is 0 Å². The van der Waals surface area contributed by atoms with E-state index in [1.54, 1.807) is 0 Å². The second-order valence-electron chi connectivity index (χ2n) is 3.57. The molecule has 66 valence electrons. The second-order valence-corrected chi connectivity index (χ2v) is 3.57. The van der Waals surface area contributed by atoms with Gasteiger partial charge in [0.25, 0.3) is 0 Å². The van der Waals surface area contributed by atoms with E-state index in [1.807, 2.05) is 23.1 Å². The van der Waals surface area contributed by atoms with Crippen LogP contribution in [-0.2, 0) is 0 Å². The van der Waals surface area contributed by atoms with Crippen molar-refractivity contribution in [3.8, 4) is 0 Å². The number of nitrogens with zero attached hydrogens (tertiary/aromatic N) is 2. The second kappa shape index (κ2) is 3.27. The molecular weight excluding hydrogens is 150 g/mol. The van der Waals surface area contributed by atoms with Crippen LogP contribution in [0.2, 0.25) is 0 Å². The summed E-state index contributed by atoms with van der Waals surface area (Å²) in [5, 5.41) is 4.24. The van der Waals surface area contributed by atoms with Gasteiger partial charge in [-0.2, -0.15) is 5.10 Å². The lowest BCUT2D eigenvalue weighted by molar-refractivity contribution is 0.300. The van der Waals surface area contributed by atoms with E-state index < -0.39 is 0 Å². The molecule has 1 fully saturated rings. The zero-order valence-corrected chi connectivity index (χ0v) is 7.19. The lowest BCUT2D eigenvalue weighted by atomic mass is 9.92. The molecule has 0 aromatic carbocycles. The fourth-order valence-corrected chi connectivity index (χ4v) is 1.94. The minimum atomic E-state index is 0.382. The maximum absolute atomic E-state index is 5.89. The Kier molecular flexibility index (Phi) is 2.13. The predicted molar refractivity (Wildman–Crippen MR) is 47.7 cm³/mol. The molecule has 2 unspecified atom stereocenters. The summed E-state index contributed by atoms with van der Waals surface area (Å²) in [4.78, 5) is 0. The van der Waals surface area contributed by atoms with Crippen molar-refractivity contribution in [2.45, 2.75) is 37.8 Å². The highest BCUT2D eigenvalue weighted by Gasteiger charge is 2.20. The highest BCUT2D eigenvalue weighted by molar-refractivity contribution is 4.85. The van der Waals surface area contributed by atoms with Crippen LogP contribution in [0.3, 0.4) is 0 Å². The van der Waals surface area contributed by atoms with Gasteiger partial charge in [0.15, 0.2) is 0 Å². The number of nitrogens with two attached hydrogens (primary N) is 1. The van der Waals surface area contributed by atoms with Crippen LogP contribution in [0.15, 0.2) is 18.5 Å². The van der Waals surface area contributed by atoms with Gasteiger partial charge in [-0.1, -0.05) is 0 Å². The van der Waals surface area contributed by atoms with Crippen LogP contribution in [-0.4, -0.2) is 15.8 Å². The SMILES string of the molecule is NC1CCCC(n2cccn2)C1. The Morgan fingerprint density at radius 1 is 1.42 bits per heavy atom. The number of hydrogen-bond donors (Lipinski definition) is 1. The van der Waals surface area contributed by atoms with Gasteiger partial charge >= 0.3 is 0 Å². The molecule has 2 rings (SSSR count). The van der Waals surface area contributed by atoms with Crippen molar-refractivity contribution in [2.75, 3.05) is 0 Å². The topological polar surface area (TPSA) is 43.8 Å². The Labute approximate surface area is 72.6 Å². The van der Waals surface area contributed by atoms with Gasteiger partial charge in [0, 0.05) is 18.4 Å². The molecule has 12 heavy (non-hydrogen) atoms. The van der Waals surface area contributed by atoms with Crippen LogP contribution in [0.25, 0.3) is 0 Å². The molecule has 0 bridgehead atoms. The zero-order chi connectivity index (χ0) is 8.39. The maximum Gasteiger partial charge on any atom is 0.0533 e. The Balaban J connectivity index is 2.04. The molecule has 2 N–H and O–H groups in total. The fourth-order valence-electron chi connectivity index (χ4n) is 1.94. The molecule has 0 spiro atoms. The van der Waals surface area contributed by atoms with Crippen molar-refractivity contribution < 1.29 is 0 Å². The van der Waals surface area contributed by atoms with Gasteiger partial charge in [0.2, 0.25) is 0 Å². The summed E-state index contributed by atoms with van der Waals surface area (Å²) in [7, 11) is 0. The van der Waals surface area contributed by atoms with Crippen molar-refractivity contribution in [2.24, 2.45) is 5.73 Å². The Bertz CT molecular complexity index is 230. The molecule has 0 saturated heterocycles. The molecule has 1 aromatic rings. The van der Waals surface area contributed by atoms with Gasteiger partial charge in [-0.25, -0.2) is 0 Å². The first-order valence-electron chi connectivity index (χ1n) is 4.61. The summed E-state index contributed by atoms with van der Waals surface area (Å²) in [6.45, 7) is 0. The van der Waals surface area contributed by atoms with Gasteiger partial charge in [0.05, 0.1) is 6.04 Å². The first-order chi connectivity index (χ1) is 5.86. The van der Waals surface area contributed by atoms with Crippen molar-refractivity contribution in [3.05, 3.63) is 18.5 Å². The summed E-state index contributed by atoms with van der Waals surface area (Å²) in [5.74, 6) is 0. The van der Waals surface area contributed by atoms with E-state index in [0.29, 0.717) is 12.1 Å². The molecule has 0 radical (unpaired) electrons. The lowest BCUT2D eigenvalue weighted by Gasteiger charge is -2.26. The number of rotatable bonds is 1. The lowest BCUT2D eigenvalue weighted by Crippen LogP contribution is -2.29. The van der Waals surface area contributed by atoms with E-state index >= 15 is 0 Å². The minimum Gasteiger partial charge on any atom is -0.328 e. The van der Waals surface area contributed by atoms with E-state index in [9.17, 15) is 0 Å². The summed E-state index contributed by atoms with van der Waals surface area (Å²) in [6, 6.07) is 2.90. The van der Waals surface area contributed by atoms with Crippen molar-refractivity contribution in [1.29, 1.82) is 0 Å². The Hall–Kier alpha value is -0.830. The molecular formula is C9H15N3. The zero-order valence-electron chi connectivity index (χ0n) is 7.19. The largest absolute Gasteiger partial charge is 0.328 e. The van der Waals surface area contributed by atoms with E-state index in [4.69, 9.17) is 5.73 Å². The molecule has 1 heterocycles. The monoisotopic (exact) mass is 165 g/mol. The fraction of sp³-hybridized carbons (Fsp3) is 0.667. The van der Waals surface area contributed by atoms with Gasteiger partial charge in [-0.15, -0.1) is 0 Å². The number of hydrogen-bond acceptors (Lipinski definition) is 2. The third kappa shape index (κ3) is 1.50. The molecule has 1 aliphatic rings. The van der Waals surface area contributed by atoms with Crippen molar-refractivity contribution in [3.63, 3.8) is 0 Å². The Morgan fingerprint density at radius 2 is 2.33 bits per heavy atom. The molecule has 1 saturated carbocycles. The molecule has 1 aromatic heterocycles. The van der Waals surface area contributed by atoms with Crippen LogP contribution in [0.5, 0.6) is 0 Å². The third-order valence-electron chi connectivity index (χ3n) is 2.59. The van der Waals surface area contributed by atoms with Crippen molar-refractivity contribution in [1.82, 2.24) is 9.78 Å². The highest BCUT2D eigenvalue weighted by atomic mass is 15.3. The van der Waals surface area contributed by atoms with Gasteiger partial charge in [-0.3, -0.25) is 4.68 Å². The van der Waals surface area contributed by atoms with E-state index in [0.717, 1.165) is 6.42 Å². The van der Waals surface area contributed by atoms with E-state index in [1.165, 1.54) is 19.3 Å². The first kappa shape index (κ1) is 7.80. The van der Waals surface area contributed by atoms with E-state index in [2.05, 4.69) is 5.10 Å². The molecule has 3 heteroatoms. The average Bonchev–Trinajstić information content (AvgIpc) is 2.56. The normalized spacial score (nSPS) is 30.4. The smallest absolute Gasteiger partial charge is 0.0533 e. The van der Waals surface area contributed by atoms with Gasteiger partial charge in [0.1, 0.15) is 0 Å². The minimum absolute atomic E-state index is 0.382. The first-order valence-corrected chi connectivity index (χ1v) is 4.61. The molecule has 3 nitrogen and oxygen atoms in total. The summed E-state index contributed by atoms with van der Waals surface area (Å²) in [6.07, 6.45) is 8.60. The summed E-state index contributed by atoms with van der Waals surface area (Å²) < 4.78 is 2.04.